The maximum Gasteiger partial charge on any atom is 0.413 e. The molecule has 0 aromatic rings. The summed E-state index contributed by atoms with van der Waals surface area (Å²) >= 11 is 0. The van der Waals surface area contributed by atoms with E-state index in [1.165, 1.54) is 12.0 Å². The van der Waals surface area contributed by atoms with Crippen molar-refractivity contribution in [2.75, 3.05) is 41.0 Å². The second-order valence-corrected chi connectivity index (χ2v) is 6.23. The van der Waals surface area contributed by atoms with E-state index in [4.69, 9.17) is 9.57 Å². The van der Waals surface area contributed by atoms with E-state index in [2.05, 4.69) is 21.7 Å². The molecular formula is C17H25N5O3. The summed E-state index contributed by atoms with van der Waals surface area (Å²) in [6.45, 7) is 6.44. The van der Waals surface area contributed by atoms with Crippen molar-refractivity contribution in [3.8, 4) is 0 Å². The summed E-state index contributed by atoms with van der Waals surface area (Å²) in [5.41, 5.74) is 3.66. The third-order valence-electron chi connectivity index (χ3n) is 4.53. The third-order valence-corrected chi connectivity index (χ3v) is 4.53. The summed E-state index contributed by atoms with van der Waals surface area (Å²) in [5, 5.41) is 1.76. The van der Waals surface area contributed by atoms with Gasteiger partial charge in [0.15, 0.2) is 0 Å². The molecule has 0 N–H and O–H groups in total. The number of carbonyl (C=O) groups excluding carboxylic acids is 1. The number of hydrogen-bond donors (Lipinski definition) is 0. The Kier molecular flexibility index (Phi) is 4.71. The minimum Gasteiger partial charge on any atom is -0.452 e. The maximum absolute atomic E-state index is 12.1. The van der Waals surface area contributed by atoms with E-state index in [9.17, 15) is 4.79 Å². The second kappa shape index (κ2) is 6.79. The fourth-order valence-electron chi connectivity index (χ4n) is 3.45. The summed E-state index contributed by atoms with van der Waals surface area (Å²) < 4.78 is 4.90. The van der Waals surface area contributed by atoms with E-state index < -0.39 is 6.09 Å². The van der Waals surface area contributed by atoms with Crippen LogP contribution in [0.3, 0.4) is 0 Å². The normalized spacial score (nSPS) is 19.2. The van der Waals surface area contributed by atoms with Gasteiger partial charge in [-0.2, -0.15) is 0 Å². The van der Waals surface area contributed by atoms with E-state index in [1.807, 2.05) is 19.3 Å². The van der Waals surface area contributed by atoms with Crippen LogP contribution in [0.15, 0.2) is 39.7 Å². The van der Waals surface area contributed by atoms with Crippen LogP contribution in [0.4, 0.5) is 4.79 Å². The van der Waals surface area contributed by atoms with Crippen LogP contribution in [0.1, 0.15) is 20.3 Å². The Morgan fingerprint density at radius 2 is 2.16 bits per heavy atom. The van der Waals surface area contributed by atoms with Crippen LogP contribution in [0, 0.1) is 0 Å². The van der Waals surface area contributed by atoms with Crippen molar-refractivity contribution in [3.63, 3.8) is 0 Å². The Labute approximate surface area is 148 Å². The van der Waals surface area contributed by atoms with Crippen LogP contribution >= 0.6 is 0 Å². The Morgan fingerprint density at radius 3 is 2.80 bits per heavy atom. The summed E-state index contributed by atoms with van der Waals surface area (Å²) in [6, 6.07) is 0. The van der Waals surface area contributed by atoms with E-state index in [0.29, 0.717) is 6.67 Å². The highest BCUT2D eigenvalue weighted by atomic mass is 16.7. The predicted octanol–water partition coefficient (Wildman–Crippen LogP) is 1.92. The smallest absolute Gasteiger partial charge is 0.413 e. The first-order valence-corrected chi connectivity index (χ1v) is 8.37. The van der Waals surface area contributed by atoms with Gasteiger partial charge in [-0.15, -0.1) is 0 Å². The zero-order valence-electron chi connectivity index (χ0n) is 15.4. The number of carbonyl (C=O) groups is 1. The number of nitrogens with zero attached hydrogens (tertiary/aromatic N) is 5. The van der Waals surface area contributed by atoms with E-state index in [0.717, 1.165) is 48.0 Å². The molecule has 0 bridgehead atoms. The SMILES string of the molecule is CCCN1CC(C)=C(N(C)C(=O)OC)C2=C1N1CN(OC)C=C1C=N2. The zero-order valence-corrected chi connectivity index (χ0v) is 15.4. The lowest BCUT2D eigenvalue weighted by Gasteiger charge is -2.41. The average Bonchev–Trinajstić information content (AvgIpc) is 3.03. The molecule has 1 amide bonds. The molecule has 8 nitrogen and oxygen atoms in total. The standard InChI is InChI=1S/C17H25N5O3/c1-6-7-20-9-12(2)15(19(3)17(23)24-4)14-16(20)22-11-21(25-5)10-13(22)8-18-14/h8,10H,6-7,9,11H2,1-5H3. The highest BCUT2D eigenvalue weighted by Crippen LogP contribution is 2.38. The number of fused-ring (bicyclic) bond motifs is 2. The van der Waals surface area contributed by atoms with Gasteiger partial charge in [-0.3, -0.25) is 9.74 Å². The first-order chi connectivity index (χ1) is 12.0. The average molecular weight is 347 g/mol. The monoisotopic (exact) mass is 347 g/mol. The predicted molar refractivity (Wildman–Crippen MR) is 93.9 cm³/mol. The molecular weight excluding hydrogens is 322 g/mol. The number of aliphatic imine (C=N–C) groups is 1. The molecule has 0 atom stereocenters. The lowest BCUT2D eigenvalue weighted by Crippen LogP contribution is -2.44. The van der Waals surface area contributed by atoms with Gasteiger partial charge in [-0.25, -0.2) is 14.9 Å². The summed E-state index contributed by atoms with van der Waals surface area (Å²) in [6.07, 6.45) is 4.36. The minimum atomic E-state index is -0.401. The summed E-state index contributed by atoms with van der Waals surface area (Å²) in [4.78, 5) is 28.1. The third kappa shape index (κ3) is 2.86. The van der Waals surface area contributed by atoms with Crippen molar-refractivity contribution in [2.45, 2.75) is 20.3 Å². The van der Waals surface area contributed by atoms with Crippen molar-refractivity contribution in [3.05, 3.63) is 34.7 Å². The molecule has 0 radical (unpaired) electrons. The highest BCUT2D eigenvalue weighted by molar-refractivity contribution is 5.83. The molecule has 0 aliphatic carbocycles. The van der Waals surface area contributed by atoms with Gasteiger partial charge in [0.2, 0.25) is 0 Å². The molecule has 3 aliphatic rings. The maximum atomic E-state index is 12.1. The van der Waals surface area contributed by atoms with Gasteiger partial charge in [-0.1, -0.05) is 6.92 Å². The molecule has 0 unspecified atom stereocenters. The van der Waals surface area contributed by atoms with E-state index >= 15 is 0 Å². The van der Waals surface area contributed by atoms with Crippen LogP contribution < -0.4 is 0 Å². The Bertz CT molecular complexity index is 694. The molecule has 3 heterocycles. The van der Waals surface area contributed by atoms with Crippen molar-refractivity contribution in [1.82, 2.24) is 19.8 Å². The number of amides is 1. The van der Waals surface area contributed by atoms with E-state index in [1.54, 1.807) is 19.2 Å². The van der Waals surface area contributed by atoms with Crippen molar-refractivity contribution in [1.29, 1.82) is 0 Å². The van der Waals surface area contributed by atoms with Crippen LogP contribution in [0.2, 0.25) is 0 Å². The quantitative estimate of drug-likeness (QED) is 0.774. The van der Waals surface area contributed by atoms with Crippen molar-refractivity contribution < 1.29 is 14.4 Å². The number of likely N-dealkylation sites (N-methyl/N-ethyl adjacent to an activating group) is 1. The molecule has 136 valence electrons. The van der Waals surface area contributed by atoms with Gasteiger partial charge < -0.3 is 14.5 Å². The Hall–Kier alpha value is -2.48. The van der Waals surface area contributed by atoms with E-state index in [-0.39, 0.29) is 0 Å². The first-order valence-electron chi connectivity index (χ1n) is 8.37. The molecule has 3 aliphatic heterocycles. The van der Waals surface area contributed by atoms with Crippen molar-refractivity contribution >= 4 is 12.3 Å². The number of hydrogen-bond acceptors (Lipinski definition) is 7. The lowest BCUT2D eigenvalue weighted by molar-refractivity contribution is -0.0971. The second-order valence-electron chi connectivity index (χ2n) is 6.23. The molecule has 8 heteroatoms. The zero-order chi connectivity index (χ0) is 18.1. The molecule has 0 saturated carbocycles. The van der Waals surface area contributed by atoms with Gasteiger partial charge in [0.05, 0.1) is 38.0 Å². The fourth-order valence-corrected chi connectivity index (χ4v) is 3.45. The number of methoxy groups -OCH3 is 1. The van der Waals surface area contributed by atoms with Gasteiger partial charge in [0.1, 0.15) is 18.2 Å². The van der Waals surface area contributed by atoms with Crippen LogP contribution in [0.5, 0.6) is 0 Å². The molecule has 25 heavy (non-hydrogen) atoms. The molecule has 0 spiro atoms. The van der Waals surface area contributed by atoms with Gasteiger partial charge >= 0.3 is 6.09 Å². The first kappa shape index (κ1) is 17.3. The largest absolute Gasteiger partial charge is 0.452 e. The Morgan fingerprint density at radius 1 is 1.40 bits per heavy atom. The number of hydroxylamine groups is 2. The lowest BCUT2D eigenvalue weighted by atomic mass is 10.0. The molecule has 3 rings (SSSR count). The van der Waals surface area contributed by atoms with Crippen LogP contribution in [0.25, 0.3) is 0 Å². The van der Waals surface area contributed by atoms with Gasteiger partial charge in [0, 0.05) is 20.1 Å². The number of allylic oxidation sites excluding steroid dienone is 1. The van der Waals surface area contributed by atoms with Crippen molar-refractivity contribution in [2.24, 2.45) is 4.99 Å². The summed E-state index contributed by atoms with van der Waals surface area (Å²) in [5.74, 6) is 1.01. The van der Waals surface area contributed by atoms with Crippen LogP contribution in [-0.2, 0) is 9.57 Å². The summed E-state index contributed by atoms with van der Waals surface area (Å²) in [7, 11) is 4.75. The highest BCUT2D eigenvalue weighted by Gasteiger charge is 2.37. The Balaban J connectivity index is 2.07. The molecule has 0 aromatic heterocycles. The fraction of sp³-hybridized carbons (Fsp3) is 0.529. The van der Waals surface area contributed by atoms with Gasteiger partial charge in [0.25, 0.3) is 0 Å². The number of rotatable bonds is 4. The van der Waals surface area contributed by atoms with Gasteiger partial charge in [-0.05, 0) is 18.9 Å². The molecule has 0 fully saturated rings. The number of ether oxygens (including phenoxy) is 1. The topological polar surface area (TPSA) is 60.9 Å². The molecule has 0 saturated heterocycles. The minimum absolute atomic E-state index is 0.401. The molecule has 0 aromatic carbocycles. The van der Waals surface area contributed by atoms with Crippen LogP contribution in [-0.4, -0.2) is 73.1 Å².